The summed E-state index contributed by atoms with van der Waals surface area (Å²) in [5.74, 6) is -12.7. The maximum Gasteiger partial charge on any atom is 0.326 e. The van der Waals surface area contributed by atoms with Gasteiger partial charge in [-0.25, -0.2) is 4.79 Å². The number of aliphatic imine (C=N–C) groups is 1. The number of aromatic amines is 1. The molecule has 38 heteroatoms. The molecule has 110 heavy (non-hydrogen) atoms. The van der Waals surface area contributed by atoms with Crippen LogP contribution in [0.2, 0.25) is 0 Å². The number of fused-ring (bicyclic) bond motifs is 1. The molecule has 2 aromatic rings. The number of amides is 15. The molecule has 0 aliphatic carbocycles. The highest BCUT2D eigenvalue weighted by Crippen LogP contribution is 2.26. The van der Waals surface area contributed by atoms with Crippen molar-refractivity contribution in [1.29, 1.82) is 0 Å². The smallest absolute Gasteiger partial charge is 0.326 e. The van der Waals surface area contributed by atoms with E-state index in [1.165, 1.54) is 21.6 Å². The van der Waals surface area contributed by atoms with Gasteiger partial charge >= 0.3 is 5.97 Å². The van der Waals surface area contributed by atoms with E-state index in [-0.39, 0.29) is 127 Å². The van der Waals surface area contributed by atoms with Crippen LogP contribution in [0.15, 0.2) is 35.5 Å². The second-order valence-corrected chi connectivity index (χ2v) is 29.6. The van der Waals surface area contributed by atoms with Gasteiger partial charge in [0.1, 0.15) is 72.5 Å². The van der Waals surface area contributed by atoms with E-state index >= 15 is 0 Å². The van der Waals surface area contributed by atoms with Crippen molar-refractivity contribution in [3.05, 3.63) is 36.0 Å². The molecule has 1 aromatic heterocycles. The molecule has 0 spiro atoms. The van der Waals surface area contributed by atoms with Crippen molar-refractivity contribution in [2.75, 3.05) is 59.0 Å². The van der Waals surface area contributed by atoms with E-state index in [0.717, 1.165) is 11.3 Å². The van der Waals surface area contributed by atoms with Gasteiger partial charge in [-0.15, -0.1) is 0 Å². The van der Waals surface area contributed by atoms with Gasteiger partial charge in [0.05, 0.1) is 25.7 Å². The van der Waals surface area contributed by atoms with Crippen LogP contribution >= 0.6 is 0 Å². The van der Waals surface area contributed by atoms with Crippen molar-refractivity contribution < 1.29 is 86.9 Å². The van der Waals surface area contributed by atoms with E-state index in [0.29, 0.717) is 55.1 Å². The molecular weight excluding hydrogens is 1430 g/mol. The number of aliphatic hydroxyl groups is 1. The van der Waals surface area contributed by atoms with E-state index in [1.54, 1.807) is 37.4 Å². The molecule has 7 rings (SSSR count). The molecule has 0 saturated carbocycles. The third-order valence-electron chi connectivity index (χ3n) is 20.2. The Labute approximate surface area is 637 Å². The number of hydrogen-bond acceptors (Lipinski definition) is 19. The minimum absolute atomic E-state index is 0.00447. The average Bonchev–Trinajstić information content (AvgIpc) is 1.66. The zero-order valence-corrected chi connectivity index (χ0v) is 63.3. The molecule has 6 heterocycles. The summed E-state index contributed by atoms with van der Waals surface area (Å²) in [5, 5.41) is 50.1. The Morgan fingerprint density at radius 2 is 1.04 bits per heavy atom. The number of carboxylic acids is 1. The third-order valence-corrected chi connectivity index (χ3v) is 20.2. The van der Waals surface area contributed by atoms with E-state index in [2.05, 4.69) is 68.5 Å². The first-order valence-electron chi connectivity index (χ1n) is 37.9. The van der Waals surface area contributed by atoms with Gasteiger partial charge in [-0.3, -0.25) is 76.9 Å². The number of carboxylic acid groups (broad SMARTS) is 1. The molecule has 5 aliphatic heterocycles. The molecule has 1 aromatic carbocycles. The lowest BCUT2D eigenvalue weighted by Gasteiger charge is -2.32. The topological polar surface area (TPSA) is 565 Å². The van der Waals surface area contributed by atoms with Gasteiger partial charge in [-0.1, -0.05) is 45.9 Å². The van der Waals surface area contributed by atoms with Gasteiger partial charge < -0.3 is 110 Å². The summed E-state index contributed by atoms with van der Waals surface area (Å²) in [5.41, 5.74) is 17.6. The summed E-state index contributed by atoms with van der Waals surface area (Å²) in [6.45, 7) is 9.19. The minimum Gasteiger partial charge on any atom is -0.480 e. The number of para-hydroxylation sites is 1. The van der Waals surface area contributed by atoms with Gasteiger partial charge in [0.2, 0.25) is 88.6 Å². The van der Waals surface area contributed by atoms with Gasteiger partial charge in [0.15, 0.2) is 5.96 Å². The second-order valence-electron chi connectivity index (χ2n) is 29.6. The molecule has 0 bridgehead atoms. The quantitative estimate of drug-likeness (QED) is 0.0169. The number of guanidine groups is 1. The number of benzene rings is 1. The van der Waals surface area contributed by atoms with Crippen LogP contribution in [0.3, 0.4) is 0 Å². The van der Waals surface area contributed by atoms with Crippen LogP contribution in [0.4, 0.5) is 0 Å². The number of nitrogens with two attached hydrogens (primary N) is 3. The normalized spacial score (nSPS) is 20.4. The van der Waals surface area contributed by atoms with Crippen LogP contribution < -0.4 is 75.7 Å². The Morgan fingerprint density at radius 3 is 1.61 bits per heavy atom. The summed E-state index contributed by atoms with van der Waals surface area (Å²) in [4.78, 5) is 231. The number of H-pyrrole nitrogens is 1. The number of nitrogens with one attached hydrogen (secondary N) is 12. The minimum atomic E-state index is -1.71. The summed E-state index contributed by atoms with van der Waals surface area (Å²) in [6.07, 6.45) is 4.86. The maximum absolute atomic E-state index is 14.9. The van der Waals surface area contributed by atoms with Crippen LogP contribution in [0.5, 0.6) is 0 Å². The molecule has 15 amide bonds. The Morgan fingerprint density at radius 1 is 0.518 bits per heavy atom. The van der Waals surface area contributed by atoms with Crippen molar-refractivity contribution in [3.63, 3.8) is 0 Å². The van der Waals surface area contributed by atoms with Gasteiger partial charge in [0, 0.05) is 62.7 Å². The number of aliphatic carboxylic acids is 1. The van der Waals surface area contributed by atoms with E-state index in [1.807, 2.05) is 27.7 Å². The van der Waals surface area contributed by atoms with E-state index < -0.39 is 187 Å². The summed E-state index contributed by atoms with van der Waals surface area (Å²) >= 11 is 0. The molecule has 20 N–H and O–H groups in total. The lowest BCUT2D eigenvalue weighted by atomic mass is 10.00. The second kappa shape index (κ2) is 41.3. The lowest BCUT2D eigenvalue weighted by Crippen LogP contribution is -2.61. The number of hydrogen-bond donors (Lipinski definition) is 17. The fourth-order valence-corrected chi connectivity index (χ4v) is 14.5. The molecule has 5 aliphatic rings. The number of carbonyl (C=O) groups excluding carboxylic acids is 15. The van der Waals surface area contributed by atoms with E-state index in [9.17, 15) is 86.9 Å². The van der Waals surface area contributed by atoms with Crippen LogP contribution in [-0.2, 0) is 83.1 Å². The van der Waals surface area contributed by atoms with Crippen molar-refractivity contribution in [1.82, 2.24) is 83.1 Å². The number of aliphatic hydroxyl groups excluding tert-OH is 1. The van der Waals surface area contributed by atoms with Crippen LogP contribution in [0.1, 0.15) is 150 Å². The Balaban J connectivity index is 0.994. The van der Waals surface area contributed by atoms with Gasteiger partial charge in [-0.05, 0) is 140 Å². The zero-order valence-electron chi connectivity index (χ0n) is 63.3. The number of aromatic nitrogens is 1. The fraction of sp³-hybridized carbons (Fsp3) is 0.653. The summed E-state index contributed by atoms with van der Waals surface area (Å²) in [7, 11) is 0. The Bertz CT molecular complexity index is 3710. The van der Waals surface area contributed by atoms with E-state index in [4.69, 9.17) is 17.2 Å². The molecule has 606 valence electrons. The van der Waals surface area contributed by atoms with Crippen LogP contribution in [0.25, 0.3) is 10.9 Å². The highest BCUT2D eigenvalue weighted by molar-refractivity contribution is 6.01. The molecule has 0 radical (unpaired) electrons. The number of likely N-dealkylation sites (tertiary alicyclic amines) is 4. The standard InChI is InChI=1S/C72H110N20O18/c1-38(2)31-48(86-66(104)55-22-14-29-91(55)69(107)50(32-39(3)4)87-67(105)54-21-12-28-90(54)68(106)41(6)82-60(98)45-17-9-25-76-45)62(100)84-46(18-10-26-77-72(74)75)61(99)85-49(33-42-34-78-44-16-8-7-15-43(42)44)63(101)88-51(37-93)70(108)92-30-13-20-53(92)65(103)81-40(5)59(97)80-36-58(96)89-27-11-19-52(89)64(102)79-35-57(95)83-47(71(109)110)23-24-56(73)94/h7-8,15-16,34,38-41,45-55,76,78,93H,9-14,17-33,35-37H2,1-6H3,(H2,73,94)(H,79,102)(H,80,97)(H,81,103)(H,82,98)(H,83,95)(H,84,100)(H,85,99)(H,86,104)(H,87,105)(H,88,101)(H,109,110)(H4,74,75,77)/t40-,41-,45-,46-,47-,48-,49-,50-,51-,52-,53-,54-,55-/m0/s1. The largest absolute Gasteiger partial charge is 0.480 e. The molecule has 13 atom stereocenters. The SMILES string of the molecule is CC(C)C[C@H](NC(=O)[C@@H]1CCCN1C(=O)[C@H](CC(C)C)NC(=O)[C@@H]1CCCN1C(=O)[C@H](C)NC(=O)[C@@H]1CCCN1)C(=O)N[C@@H](CCCN=C(N)N)C(=O)N[C@@H](Cc1c[nH]c2ccccc12)C(=O)N[C@@H](CO)C(=O)N1CCC[C@H]1C(=O)N[C@@H](C)C(=O)NCC(=O)N1CCC[C@H]1C(=O)NCC(=O)N[C@@H](CCC(N)=O)C(=O)O. The maximum atomic E-state index is 14.9. The number of primary amides is 1. The highest BCUT2D eigenvalue weighted by atomic mass is 16.4. The Hall–Kier alpha value is -10.5. The summed E-state index contributed by atoms with van der Waals surface area (Å²) in [6, 6.07) is -8.37. The number of carbonyl (C=O) groups is 16. The van der Waals surface area contributed by atoms with Gasteiger partial charge in [-0.2, -0.15) is 0 Å². The molecule has 5 saturated heterocycles. The predicted octanol–water partition coefficient (Wildman–Crippen LogP) is -4.93. The molecular formula is C72H110N20O18. The highest BCUT2D eigenvalue weighted by Gasteiger charge is 2.45. The zero-order chi connectivity index (χ0) is 80.6. The summed E-state index contributed by atoms with van der Waals surface area (Å²) < 4.78 is 0. The monoisotopic (exact) mass is 1540 g/mol. The predicted molar refractivity (Wildman–Crippen MR) is 397 cm³/mol. The third kappa shape index (κ3) is 24.5. The van der Waals surface area contributed by atoms with Crippen molar-refractivity contribution in [2.45, 2.75) is 229 Å². The average molecular weight is 1540 g/mol. The van der Waals surface area contributed by atoms with Crippen LogP contribution in [-0.4, -0.2) is 273 Å². The van der Waals surface area contributed by atoms with Crippen LogP contribution in [0, 0.1) is 11.8 Å². The number of rotatable bonds is 39. The van der Waals surface area contributed by atoms with Gasteiger partial charge in [0.25, 0.3) is 0 Å². The van der Waals surface area contributed by atoms with Crippen molar-refractivity contribution in [2.24, 2.45) is 34.0 Å². The number of nitrogens with zero attached hydrogens (tertiary/aromatic N) is 5. The van der Waals surface area contributed by atoms with Crippen molar-refractivity contribution in [3.8, 4) is 0 Å². The molecule has 38 nitrogen and oxygen atoms in total. The Kier molecular flexibility index (Phi) is 32.6. The molecule has 0 unspecified atom stereocenters. The first kappa shape index (κ1) is 86.7. The lowest BCUT2D eigenvalue weighted by molar-refractivity contribution is -0.144. The molecule has 5 fully saturated rings. The van der Waals surface area contributed by atoms with Crippen molar-refractivity contribution >= 4 is 111 Å². The fourth-order valence-electron chi connectivity index (χ4n) is 14.5. The first-order chi connectivity index (χ1) is 52.3. The first-order valence-corrected chi connectivity index (χ1v) is 37.9.